The lowest BCUT2D eigenvalue weighted by Crippen LogP contribution is -2.50. The maximum Gasteiger partial charge on any atom is 0.339 e. The highest BCUT2D eigenvalue weighted by molar-refractivity contribution is 7.89. The van der Waals surface area contributed by atoms with Crippen LogP contribution in [0.4, 0.5) is 0 Å². The van der Waals surface area contributed by atoms with Gasteiger partial charge in [-0.15, -0.1) is 0 Å². The third kappa shape index (κ3) is 5.46. The van der Waals surface area contributed by atoms with Crippen molar-refractivity contribution in [3.63, 3.8) is 0 Å². The summed E-state index contributed by atoms with van der Waals surface area (Å²) in [4.78, 5) is 22.6. The molecule has 196 valence electrons. The van der Waals surface area contributed by atoms with Crippen molar-refractivity contribution in [1.29, 1.82) is 0 Å². The molecule has 2 N–H and O–H groups in total. The summed E-state index contributed by atoms with van der Waals surface area (Å²) in [7, 11) is -8.23. The molecule has 1 aliphatic rings. The van der Waals surface area contributed by atoms with Crippen molar-refractivity contribution in [3.05, 3.63) is 47.5 Å². The van der Waals surface area contributed by atoms with Gasteiger partial charge in [0.25, 0.3) is 0 Å². The molecule has 0 aliphatic carbocycles. The van der Waals surface area contributed by atoms with Crippen molar-refractivity contribution in [3.8, 4) is 11.5 Å². The fourth-order valence-electron chi connectivity index (χ4n) is 3.68. The van der Waals surface area contributed by atoms with Crippen molar-refractivity contribution >= 4 is 32.0 Å². The second kappa shape index (κ2) is 10.8. The minimum atomic E-state index is -4.11. The first kappa shape index (κ1) is 27.4. The average Bonchev–Trinajstić information content (AvgIpc) is 2.84. The second-order valence-electron chi connectivity index (χ2n) is 7.60. The smallest absolute Gasteiger partial charge is 0.339 e. The van der Waals surface area contributed by atoms with Crippen molar-refractivity contribution in [1.82, 2.24) is 8.61 Å². The number of sulfonamides is 2. The van der Waals surface area contributed by atoms with Gasteiger partial charge in [-0.05, 0) is 50.2 Å². The van der Waals surface area contributed by atoms with Crippen LogP contribution < -0.4 is 9.47 Å². The Balaban J connectivity index is 1.81. The Morgan fingerprint density at radius 1 is 0.722 bits per heavy atom. The van der Waals surface area contributed by atoms with Gasteiger partial charge in [0.2, 0.25) is 20.0 Å². The zero-order valence-electron chi connectivity index (χ0n) is 19.6. The molecule has 0 bridgehead atoms. The molecule has 14 heteroatoms. The maximum atomic E-state index is 13.1. The largest absolute Gasteiger partial charge is 0.493 e. The third-order valence-corrected chi connectivity index (χ3v) is 9.22. The van der Waals surface area contributed by atoms with Crippen LogP contribution in [0.5, 0.6) is 11.5 Å². The van der Waals surface area contributed by atoms with Gasteiger partial charge in [0.1, 0.15) is 22.6 Å². The molecule has 1 aliphatic heterocycles. The Morgan fingerprint density at radius 2 is 1.06 bits per heavy atom. The Labute approximate surface area is 208 Å². The number of benzene rings is 2. The summed E-state index contributed by atoms with van der Waals surface area (Å²) in [6, 6.07) is 7.05. The number of hydrogen-bond donors (Lipinski definition) is 2. The highest BCUT2D eigenvalue weighted by Crippen LogP contribution is 2.28. The molecule has 3 rings (SSSR count). The van der Waals surface area contributed by atoms with Crippen LogP contribution in [0.2, 0.25) is 0 Å². The molecule has 2 aromatic carbocycles. The van der Waals surface area contributed by atoms with Crippen LogP contribution in [0.25, 0.3) is 0 Å². The Hall–Kier alpha value is -3.20. The molecule has 1 saturated heterocycles. The van der Waals surface area contributed by atoms with Crippen molar-refractivity contribution < 1.29 is 46.1 Å². The van der Waals surface area contributed by atoms with Crippen LogP contribution in [-0.2, 0) is 20.0 Å². The van der Waals surface area contributed by atoms with Crippen LogP contribution >= 0.6 is 0 Å². The molecule has 12 nitrogen and oxygen atoms in total. The zero-order valence-corrected chi connectivity index (χ0v) is 21.2. The van der Waals surface area contributed by atoms with E-state index in [0.29, 0.717) is 0 Å². The zero-order chi connectivity index (χ0) is 26.7. The van der Waals surface area contributed by atoms with Gasteiger partial charge in [0.15, 0.2) is 0 Å². The molecular formula is C22H26N2O10S2. The van der Waals surface area contributed by atoms with Crippen LogP contribution in [-0.4, -0.2) is 87.0 Å². The summed E-state index contributed by atoms with van der Waals surface area (Å²) in [5.41, 5.74) is -0.604. The van der Waals surface area contributed by atoms with E-state index in [-0.39, 0.29) is 71.8 Å². The quantitative estimate of drug-likeness (QED) is 0.450. The van der Waals surface area contributed by atoms with Crippen molar-refractivity contribution in [2.75, 3.05) is 39.4 Å². The molecule has 1 heterocycles. The lowest BCUT2D eigenvalue weighted by molar-refractivity contribution is 0.0681. The first-order valence-corrected chi connectivity index (χ1v) is 13.8. The fourth-order valence-corrected chi connectivity index (χ4v) is 6.58. The van der Waals surface area contributed by atoms with E-state index in [1.54, 1.807) is 13.8 Å². The van der Waals surface area contributed by atoms with Gasteiger partial charge >= 0.3 is 11.9 Å². The summed E-state index contributed by atoms with van der Waals surface area (Å²) in [5.74, 6) is -2.61. The number of carboxylic acids is 2. The molecule has 0 aromatic heterocycles. The third-order valence-electron chi connectivity index (χ3n) is 5.44. The first-order chi connectivity index (χ1) is 16.9. The van der Waals surface area contributed by atoms with Gasteiger partial charge in [-0.2, -0.15) is 8.61 Å². The molecule has 2 aromatic rings. The molecular weight excluding hydrogens is 516 g/mol. The average molecular weight is 543 g/mol. The number of aromatic carboxylic acids is 2. The van der Waals surface area contributed by atoms with E-state index in [1.807, 2.05) is 0 Å². The topological polar surface area (TPSA) is 168 Å². The lowest BCUT2D eigenvalue weighted by atomic mass is 10.2. The minimum absolute atomic E-state index is 0.0379. The Kier molecular flexibility index (Phi) is 8.23. The number of piperazine rings is 1. The predicted molar refractivity (Wildman–Crippen MR) is 127 cm³/mol. The van der Waals surface area contributed by atoms with Gasteiger partial charge in [0.05, 0.1) is 23.0 Å². The SMILES string of the molecule is CCOc1ccc(S(=O)(=O)N2CCN(S(=O)(=O)c3ccc(OCC)c(C(=O)O)c3)CC2)cc1C(=O)O. The van der Waals surface area contributed by atoms with E-state index in [0.717, 1.165) is 20.7 Å². The highest BCUT2D eigenvalue weighted by atomic mass is 32.2. The Morgan fingerprint density at radius 3 is 1.33 bits per heavy atom. The minimum Gasteiger partial charge on any atom is -0.493 e. The summed E-state index contributed by atoms with van der Waals surface area (Å²) in [5, 5.41) is 18.8. The normalized spacial score (nSPS) is 15.4. The van der Waals surface area contributed by atoms with Gasteiger partial charge in [0, 0.05) is 26.2 Å². The van der Waals surface area contributed by atoms with Crippen molar-refractivity contribution in [2.24, 2.45) is 0 Å². The summed E-state index contributed by atoms with van der Waals surface area (Å²) < 4.78 is 65.1. The number of carboxylic acid groups (broad SMARTS) is 2. The van der Waals surface area contributed by atoms with E-state index in [9.17, 15) is 36.6 Å². The number of hydrogen-bond acceptors (Lipinski definition) is 8. The van der Waals surface area contributed by atoms with E-state index in [1.165, 1.54) is 24.3 Å². The van der Waals surface area contributed by atoms with Crippen LogP contribution in [0, 0.1) is 0 Å². The predicted octanol–water partition coefficient (Wildman–Crippen LogP) is 1.58. The first-order valence-electron chi connectivity index (χ1n) is 10.9. The molecule has 1 fully saturated rings. The molecule has 0 unspecified atom stereocenters. The standard InChI is InChI=1S/C22H26N2O10S2/c1-3-33-19-7-5-15(13-17(19)21(25)26)35(29,30)23-9-11-24(12-10-23)36(31,32)16-6-8-20(34-4-2)18(14-16)22(27)28/h5-8,13-14H,3-4,9-12H2,1-2H3,(H,25,26)(H,27,28). The second-order valence-corrected chi connectivity index (χ2v) is 11.5. The monoisotopic (exact) mass is 542 g/mol. The number of nitrogens with zero attached hydrogens (tertiary/aromatic N) is 2. The molecule has 0 radical (unpaired) electrons. The summed E-state index contributed by atoms with van der Waals surface area (Å²) >= 11 is 0. The molecule has 0 saturated carbocycles. The fraction of sp³-hybridized carbons (Fsp3) is 0.364. The number of ether oxygens (including phenoxy) is 2. The van der Waals surface area contributed by atoms with E-state index in [2.05, 4.69) is 0 Å². The van der Waals surface area contributed by atoms with Gasteiger partial charge in [-0.25, -0.2) is 26.4 Å². The maximum absolute atomic E-state index is 13.1. The molecule has 0 atom stereocenters. The molecule has 0 amide bonds. The number of rotatable bonds is 10. The van der Waals surface area contributed by atoms with Crippen LogP contribution in [0.15, 0.2) is 46.2 Å². The summed E-state index contributed by atoms with van der Waals surface area (Å²) in [6.45, 7) is 3.01. The lowest BCUT2D eigenvalue weighted by Gasteiger charge is -2.33. The number of carbonyl (C=O) groups is 2. The molecule has 36 heavy (non-hydrogen) atoms. The molecule has 0 spiro atoms. The highest BCUT2D eigenvalue weighted by Gasteiger charge is 2.35. The van der Waals surface area contributed by atoms with Gasteiger partial charge in [-0.1, -0.05) is 0 Å². The van der Waals surface area contributed by atoms with Crippen LogP contribution in [0.3, 0.4) is 0 Å². The van der Waals surface area contributed by atoms with E-state index in [4.69, 9.17) is 9.47 Å². The van der Waals surface area contributed by atoms with Crippen molar-refractivity contribution in [2.45, 2.75) is 23.6 Å². The van der Waals surface area contributed by atoms with Crippen LogP contribution in [0.1, 0.15) is 34.6 Å². The van der Waals surface area contributed by atoms with E-state index >= 15 is 0 Å². The summed E-state index contributed by atoms with van der Waals surface area (Å²) in [6.07, 6.45) is 0. The van der Waals surface area contributed by atoms with Gasteiger partial charge < -0.3 is 19.7 Å². The van der Waals surface area contributed by atoms with E-state index < -0.39 is 32.0 Å². The Bertz CT molecular complexity index is 1260. The van der Waals surface area contributed by atoms with Gasteiger partial charge in [-0.3, -0.25) is 0 Å².